The topological polar surface area (TPSA) is 43.9 Å². The van der Waals surface area contributed by atoms with Gasteiger partial charge in [-0.15, -0.1) is 0 Å². The van der Waals surface area contributed by atoms with Gasteiger partial charge >= 0.3 is 0 Å². The van der Waals surface area contributed by atoms with Crippen LogP contribution in [0.5, 0.6) is 0 Å². The fourth-order valence-corrected chi connectivity index (χ4v) is 4.46. The molecule has 0 N–H and O–H groups in total. The second-order valence-corrected chi connectivity index (χ2v) is 8.41. The summed E-state index contributed by atoms with van der Waals surface area (Å²) in [5, 5.41) is 0. The molecule has 0 aromatic heterocycles. The van der Waals surface area contributed by atoms with Gasteiger partial charge in [0.25, 0.3) is 0 Å². The molecule has 3 rings (SSSR count). The number of benzene rings is 1. The summed E-state index contributed by atoms with van der Waals surface area (Å²) in [4.78, 5) is 31.6. The average molecular weight is 386 g/mol. The van der Waals surface area contributed by atoms with Crippen LogP contribution in [0.15, 0.2) is 24.3 Å². The van der Waals surface area contributed by atoms with Gasteiger partial charge in [0.2, 0.25) is 11.8 Å². The first-order valence-corrected chi connectivity index (χ1v) is 10.9. The quantitative estimate of drug-likeness (QED) is 0.756. The van der Waals surface area contributed by atoms with Crippen LogP contribution in [0.3, 0.4) is 0 Å². The van der Waals surface area contributed by atoms with Crippen LogP contribution in [0.2, 0.25) is 0 Å². The standard InChI is InChI=1S/C23H35N3O2/c1-19-8-10-21(11-9-19)17-23(28)25-14-6-7-22(18-25)26(20(2)27)16-15-24-12-4-3-5-13-24/h8-11,22H,3-7,12-18H2,1-2H3. The van der Waals surface area contributed by atoms with Gasteiger partial charge in [-0.1, -0.05) is 36.2 Å². The number of nitrogens with zero attached hydrogens (tertiary/aromatic N) is 3. The van der Waals surface area contributed by atoms with Crippen molar-refractivity contribution in [3.63, 3.8) is 0 Å². The van der Waals surface area contributed by atoms with E-state index in [9.17, 15) is 9.59 Å². The fourth-order valence-electron chi connectivity index (χ4n) is 4.46. The Bertz CT molecular complexity index is 652. The zero-order chi connectivity index (χ0) is 19.9. The van der Waals surface area contributed by atoms with Crippen molar-refractivity contribution in [3.8, 4) is 0 Å². The van der Waals surface area contributed by atoms with Crippen molar-refractivity contribution in [2.75, 3.05) is 39.3 Å². The Labute approximate surface area is 169 Å². The molecule has 2 heterocycles. The van der Waals surface area contributed by atoms with Gasteiger partial charge in [-0.3, -0.25) is 9.59 Å². The summed E-state index contributed by atoms with van der Waals surface area (Å²) in [6.45, 7) is 9.23. The van der Waals surface area contributed by atoms with Crippen LogP contribution in [0.1, 0.15) is 50.2 Å². The second kappa shape index (κ2) is 10.1. The molecule has 0 bridgehead atoms. The lowest BCUT2D eigenvalue weighted by Crippen LogP contribution is -2.53. The Morgan fingerprint density at radius 2 is 1.75 bits per heavy atom. The van der Waals surface area contributed by atoms with Gasteiger partial charge in [-0.25, -0.2) is 0 Å². The summed E-state index contributed by atoms with van der Waals surface area (Å²) in [6, 6.07) is 8.34. The smallest absolute Gasteiger partial charge is 0.227 e. The molecule has 1 unspecified atom stereocenters. The molecule has 1 atom stereocenters. The Kier molecular flexibility index (Phi) is 7.49. The zero-order valence-electron chi connectivity index (χ0n) is 17.5. The van der Waals surface area contributed by atoms with Crippen LogP contribution in [-0.2, 0) is 16.0 Å². The van der Waals surface area contributed by atoms with E-state index in [1.165, 1.54) is 24.8 Å². The lowest BCUT2D eigenvalue weighted by Gasteiger charge is -2.40. The number of aryl methyl sites for hydroxylation is 1. The van der Waals surface area contributed by atoms with E-state index in [0.717, 1.165) is 51.1 Å². The number of carbonyl (C=O) groups excluding carboxylic acids is 2. The third kappa shape index (κ3) is 5.81. The van der Waals surface area contributed by atoms with Gasteiger partial charge in [0.1, 0.15) is 0 Å². The van der Waals surface area contributed by atoms with E-state index in [1.807, 2.05) is 21.9 Å². The molecule has 0 aliphatic carbocycles. The SMILES string of the molecule is CC(=O)N(CCN1CCCCC1)C1CCCN(C(=O)Cc2ccc(C)cc2)C1. The molecule has 0 spiro atoms. The first kappa shape index (κ1) is 20.8. The molecule has 2 amide bonds. The van der Waals surface area contributed by atoms with Crippen molar-refractivity contribution in [1.82, 2.24) is 14.7 Å². The van der Waals surface area contributed by atoms with E-state index in [4.69, 9.17) is 0 Å². The van der Waals surface area contributed by atoms with Crippen molar-refractivity contribution in [2.45, 2.75) is 58.4 Å². The highest BCUT2D eigenvalue weighted by Crippen LogP contribution is 2.18. The second-order valence-electron chi connectivity index (χ2n) is 8.41. The minimum atomic E-state index is 0.134. The summed E-state index contributed by atoms with van der Waals surface area (Å²) in [5.74, 6) is 0.308. The number of piperidine rings is 2. The van der Waals surface area contributed by atoms with Crippen LogP contribution in [0.25, 0.3) is 0 Å². The summed E-state index contributed by atoms with van der Waals surface area (Å²) in [6.07, 6.45) is 6.27. The molecular formula is C23H35N3O2. The maximum atomic E-state index is 12.8. The molecule has 5 nitrogen and oxygen atoms in total. The number of hydrogen-bond donors (Lipinski definition) is 0. The normalized spacial score (nSPS) is 20.8. The first-order valence-electron chi connectivity index (χ1n) is 10.9. The van der Waals surface area contributed by atoms with E-state index in [2.05, 4.69) is 24.0 Å². The molecule has 2 saturated heterocycles. The molecule has 5 heteroatoms. The number of amides is 2. The van der Waals surface area contributed by atoms with Gasteiger partial charge in [-0.2, -0.15) is 0 Å². The summed E-state index contributed by atoms with van der Waals surface area (Å²) in [7, 11) is 0. The van der Waals surface area contributed by atoms with E-state index < -0.39 is 0 Å². The van der Waals surface area contributed by atoms with Crippen molar-refractivity contribution in [1.29, 1.82) is 0 Å². The molecule has 2 fully saturated rings. The number of hydrogen-bond acceptors (Lipinski definition) is 3. The lowest BCUT2D eigenvalue weighted by atomic mass is 10.0. The molecule has 1 aromatic carbocycles. The predicted octanol–water partition coefficient (Wildman–Crippen LogP) is 2.86. The highest BCUT2D eigenvalue weighted by Gasteiger charge is 2.29. The minimum Gasteiger partial charge on any atom is -0.340 e. The molecule has 2 aliphatic rings. The maximum absolute atomic E-state index is 12.8. The minimum absolute atomic E-state index is 0.134. The van der Waals surface area contributed by atoms with Crippen molar-refractivity contribution in [3.05, 3.63) is 35.4 Å². The Morgan fingerprint density at radius 3 is 2.43 bits per heavy atom. The predicted molar refractivity (Wildman–Crippen MR) is 112 cm³/mol. The third-order valence-corrected chi connectivity index (χ3v) is 6.18. The van der Waals surface area contributed by atoms with E-state index in [-0.39, 0.29) is 17.9 Å². The summed E-state index contributed by atoms with van der Waals surface area (Å²) in [5.41, 5.74) is 2.27. The van der Waals surface area contributed by atoms with Crippen LogP contribution in [0, 0.1) is 6.92 Å². The van der Waals surface area contributed by atoms with E-state index in [0.29, 0.717) is 13.0 Å². The molecule has 154 valence electrons. The first-order chi connectivity index (χ1) is 13.5. The molecule has 28 heavy (non-hydrogen) atoms. The Balaban J connectivity index is 1.55. The number of likely N-dealkylation sites (tertiary alicyclic amines) is 2. The lowest BCUT2D eigenvalue weighted by molar-refractivity contribution is -0.138. The highest BCUT2D eigenvalue weighted by atomic mass is 16.2. The van der Waals surface area contributed by atoms with Crippen molar-refractivity contribution < 1.29 is 9.59 Å². The zero-order valence-corrected chi connectivity index (χ0v) is 17.5. The third-order valence-electron chi connectivity index (χ3n) is 6.18. The Hall–Kier alpha value is -1.88. The van der Waals surface area contributed by atoms with Gasteiger partial charge < -0.3 is 14.7 Å². The highest BCUT2D eigenvalue weighted by molar-refractivity contribution is 5.79. The molecule has 0 saturated carbocycles. The number of rotatable bonds is 6. The van der Waals surface area contributed by atoms with Gasteiger partial charge in [0, 0.05) is 39.1 Å². The fraction of sp³-hybridized carbons (Fsp3) is 0.652. The van der Waals surface area contributed by atoms with Crippen LogP contribution < -0.4 is 0 Å². The molecular weight excluding hydrogens is 350 g/mol. The molecule has 1 aromatic rings. The van der Waals surface area contributed by atoms with Gasteiger partial charge in [-0.05, 0) is 51.3 Å². The van der Waals surface area contributed by atoms with Crippen LogP contribution in [-0.4, -0.2) is 71.8 Å². The van der Waals surface area contributed by atoms with E-state index in [1.54, 1.807) is 6.92 Å². The Morgan fingerprint density at radius 1 is 1.04 bits per heavy atom. The largest absolute Gasteiger partial charge is 0.340 e. The maximum Gasteiger partial charge on any atom is 0.227 e. The molecule has 2 aliphatic heterocycles. The van der Waals surface area contributed by atoms with Crippen LogP contribution >= 0.6 is 0 Å². The summed E-state index contributed by atoms with van der Waals surface area (Å²) >= 11 is 0. The van der Waals surface area contributed by atoms with E-state index >= 15 is 0 Å². The van der Waals surface area contributed by atoms with Gasteiger partial charge in [0.15, 0.2) is 0 Å². The van der Waals surface area contributed by atoms with Crippen molar-refractivity contribution in [2.24, 2.45) is 0 Å². The van der Waals surface area contributed by atoms with Crippen molar-refractivity contribution >= 4 is 11.8 Å². The summed E-state index contributed by atoms with van der Waals surface area (Å²) < 4.78 is 0. The van der Waals surface area contributed by atoms with Gasteiger partial charge in [0.05, 0.1) is 6.42 Å². The monoisotopic (exact) mass is 385 g/mol. The van der Waals surface area contributed by atoms with Crippen LogP contribution in [0.4, 0.5) is 0 Å². The number of carbonyl (C=O) groups is 2. The molecule has 0 radical (unpaired) electrons. The average Bonchev–Trinajstić information content (AvgIpc) is 2.70.